The zero-order chi connectivity index (χ0) is 15.3. The van der Waals surface area contributed by atoms with Gasteiger partial charge in [0, 0.05) is 5.92 Å². The minimum atomic E-state index is -3.73. The smallest absolute Gasteiger partial charge is 0.245 e. The quantitative estimate of drug-likeness (QED) is 0.786. The molecule has 0 bridgehead atoms. The van der Waals surface area contributed by atoms with Crippen molar-refractivity contribution < 1.29 is 13.2 Å². The van der Waals surface area contributed by atoms with E-state index in [0.717, 1.165) is 10.7 Å². The third-order valence-corrected chi connectivity index (χ3v) is 5.02. The van der Waals surface area contributed by atoms with Crippen molar-refractivity contribution in [2.75, 3.05) is 10.1 Å². The molecule has 0 heterocycles. The number of nitrogens with zero attached hydrogens (tertiary/aromatic N) is 1. The molecule has 1 aromatic carbocycles. The fourth-order valence-corrected chi connectivity index (χ4v) is 3.71. The Morgan fingerprint density at radius 2 is 2.00 bits per heavy atom. The Morgan fingerprint density at radius 3 is 2.57 bits per heavy atom. The van der Waals surface area contributed by atoms with Gasteiger partial charge in [0.2, 0.25) is 15.9 Å². The van der Waals surface area contributed by atoms with Gasteiger partial charge >= 0.3 is 0 Å². The molecule has 0 aliphatic heterocycles. The predicted octanol–water partition coefficient (Wildman–Crippen LogP) is 2.89. The molecule has 0 N–H and O–H groups in total. The van der Waals surface area contributed by atoms with Gasteiger partial charge in [-0.2, -0.15) is 0 Å². The van der Waals surface area contributed by atoms with E-state index in [2.05, 4.69) is 6.58 Å². The Bertz CT molecular complexity index is 635. The molecule has 0 spiro atoms. The van der Waals surface area contributed by atoms with Crippen molar-refractivity contribution in [1.82, 2.24) is 0 Å². The molecule has 0 fully saturated rings. The van der Waals surface area contributed by atoms with Crippen LogP contribution in [0, 0.1) is 5.92 Å². The van der Waals surface area contributed by atoms with Gasteiger partial charge in [-0.05, 0) is 31.4 Å². The molecule has 0 saturated heterocycles. The van der Waals surface area contributed by atoms with E-state index in [1.165, 1.54) is 6.08 Å². The van der Waals surface area contributed by atoms with Crippen LogP contribution in [-0.4, -0.2) is 20.1 Å². The van der Waals surface area contributed by atoms with Crippen molar-refractivity contribution in [3.05, 3.63) is 55.1 Å². The van der Waals surface area contributed by atoms with Gasteiger partial charge in [0.25, 0.3) is 0 Å². The molecule has 0 saturated carbocycles. The fraction of sp³-hybridized carbons (Fsp3) is 0.312. The van der Waals surface area contributed by atoms with E-state index in [0.29, 0.717) is 18.5 Å². The van der Waals surface area contributed by atoms with Crippen LogP contribution >= 0.6 is 0 Å². The van der Waals surface area contributed by atoms with Crippen molar-refractivity contribution in [2.24, 2.45) is 5.92 Å². The number of hydrogen-bond acceptors (Lipinski definition) is 3. The maximum Gasteiger partial charge on any atom is 0.245 e. The minimum Gasteiger partial charge on any atom is -0.273 e. The molecule has 0 aromatic heterocycles. The lowest BCUT2D eigenvalue weighted by molar-refractivity contribution is -0.121. The lowest BCUT2D eigenvalue weighted by Gasteiger charge is -2.27. The van der Waals surface area contributed by atoms with Crippen molar-refractivity contribution >= 4 is 21.6 Å². The molecule has 1 aliphatic carbocycles. The maximum absolute atomic E-state index is 12.7. The average Bonchev–Trinajstić information content (AvgIpc) is 2.49. The summed E-state index contributed by atoms with van der Waals surface area (Å²) in [5, 5.41) is 0. The van der Waals surface area contributed by atoms with Crippen LogP contribution < -0.4 is 4.31 Å². The Labute approximate surface area is 125 Å². The molecular formula is C16H19NO3S. The van der Waals surface area contributed by atoms with E-state index >= 15 is 0 Å². The molecule has 4 nitrogen and oxygen atoms in total. The Balaban J connectivity index is 2.39. The van der Waals surface area contributed by atoms with Crippen LogP contribution in [0.1, 0.15) is 19.3 Å². The number of para-hydroxylation sites is 1. The summed E-state index contributed by atoms with van der Waals surface area (Å²) in [6, 6.07) is 8.50. The first-order valence-corrected chi connectivity index (χ1v) is 8.55. The second-order valence-electron chi connectivity index (χ2n) is 4.99. The van der Waals surface area contributed by atoms with E-state index in [1.54, 1.807) is 30.3 Å². The first-order valence-electron chi connectivity index (χ1n) is 6.94. The molecule has 112 valence electrons. The van der Waals surface area contributed by atoms with E-state index in [-0.39, 0.29) is 17.6 Å². The third kappa shape index (κ3) is 3.61. The number of benzene rings is 1. The van der Waals surface area contributed by atoms with Crippen LogP contribution in [0.25, 0.3) is 0 Å². The zero-order valence-corrected chi connectivity index (χ0v) is 12.6. The van der Waals surface area contributed by atoms with Gasteiger partial charge in [-0.1, -0.05) is 36.4 Å². The van der Waals surface area contributed by atoms with Crippen LogP contribution in [0.2, 0.25) is 0 Å². The summed E-state index contributed by atoms with van der Waals surface area (Å²) in [5.74, 6) is -0.891. The molecule has 1 amide bonds. The highest BCUT2D eigenvalue weighted by molar-refractivity contribution is 7.93. The molecular weight excluding hydrogens is 286 g/mol. The number of allylic oxidation sites excluding steroid dienone is 2. The first kappa shape index (κ1) is 15.5. The van der Waals surface area contributed by atoms with Crippen molar-refractivity contribution in [2.45, 2.75) is 19.3 Å². The largest absolute Gasteiger partial charge is 0.273 e. The molecule has 2 rings (SSSR count). The Kier molecular flexibility index (Phi) is 4.96. The molecule has 1 unspecified atom stereocenters. The van der Waals surface area contributed by atoms with Gasteiger partial charge in [-0.25, -0.2) is 12.7 Å². The van der Waals surface area contributed by atoms with Crippen LogP contribution in [0.3, 0.4) is 0 Å². The van der Waals surface area contributed by atoms with Crippen molar-refractivity contribution in [1.29, 1.82) is 0 Å². The van der Waals surface area contributed by atoms with Crippen LogP contribution in [0.4, 0.5) is 5.69 Å². The second-order valence-corrected chi connectivity index (χ2v) is 6.85. The van der Waals surface area contributed by atoms with Crippen LogP contribution in [-0.2, 0) is 14.8 Å². The minimum absolute atomic E-state index is 0.254. The van der Waals surface area contributed by atoms with E-state index in [4.69, 9.17) is 0 Å². The van der Waals surface area contributed by atoms with Gasteiger partial charge < -0.3 is 0 Å². The van der Waals surface area contributed by atoms with Gasteiger partial charge in [0.05, 0.1) is 11.4 Å². The van der Waals surface area contributed by atoms with E-state index < -0.39 is 10.0 Å². The summed E-state index contributed by atoms with van der Waals surface area (Å²) in [4.78, 5) is 12.7. The molecule has 1 atom stereocenters. The number of amides is 1. The average molecular weight is 305 g/mol. The second kappa shape index (κ2) is 6.72. The number of anilines is 1. The standard InChI is InChI=1S/C16H19NO3S/c1-2-13-21(19,20)17(15-11-7-4-8-12-15)16(18)14-9-5-3-6-10-14/h2-5,7-8,11-12,14H,1,6,9-10,13H2. The molecule has 1 aromatic rings. The van der Waals surface area contributed by atoms with Gasteiger partial charge in [-0.3, -0.25) is 4.79 Å². The Morgan fingerprint density at radius 1 is 1.29 bits per heavy atom. The normalized spacial score (nSPS) is 18.2. The Hall–Kier alpha value is -1.88. The lowest BCUT2D eigenvalue weighted by Crippen LogP contribution is -2.42. The fourth-order valence-electron chi connectivity index (χ4n) is 2.40. The summed E-state index contributed by atoms with van der Waals surface area (Å²) in [6.45, 7) is 3.47. The van der Waals surface area contributed by atoms with Gasteiger partial charge in [0.15, 0.2) is 0 Å². The van der Waals surface area contributed by atoms with Crippen molar-refractivity contribution in [3.8, 4) is 0 Å². The van der Waals surface area contributed by atoms with Gasteiger partial charge in [-0.15, -0.1) is 6.58 Å². The number of sulfonamides is 1. The molecule has 1 aliphatic rings. The SMILES string of the molecule is C=CCS(=O)(=O)N(C(=O)C1CC=CCC1)c1ccccc1. The summed E-state index contributed by atoms with van der Waals surface area (Å²) >= 11 is 0. The maximum atomic E-state index is 12.7. The monoisotopic (exact) mass is 305 g/mol. The topological polar surface area (TPSA) is 54.5 Å². The lowest BCUT2D eigenvalue weighted by atomic mass is 9.93. The third-order valence-electron chi connectivity index (χ3n) is 3.42. The highest BCUT2D eigenvalue weighted by Crippen LogP contribution is 2.26. The summed E-state index contributed by atoms with van der Waals surface area (Å²) in [7, 11) is -3.73. The van der Waals surface area contributed by atoms with Crippen LogP contribution in [0.5, 0.6) is 0 Å². The number of carbonyl (C=O) groups is 1. The molecule has 5 heteroatoms. The van der Waals surface area contributed by atoms with Gasteiger partial charge in [0.1, 0.15) is 0 Å². The number of hydrogen-bond donors (Lipinski definition) is 0. The van der Waals surface area contributed by atoms with E-state index in [9.17, 15) is 13.2 Å². The predicted molar refractivity (Wildman–Crippen MR) is 84.4 cm³/mol. The zero-order valence-electron chi connectivity index (χ0n) is 11.8. The summed E-state index contributed by atoms with van der Waals surface area (Å²) in [6.07, 6.45) is 7.35. The molecule has 0 radical (unpaired) electrons. The number of carbonyl (C=O) groups excluding carboxylic acids is 1. The highest BCUT2D eigenvalue weighted by Gasteiger charge is 2.33. The summed E-state index contributed by atoms with van der Waals surface area (Å²) < 4.78 is 25.8. The molecule has 21 heavy (non-hydrogen) atoms. The summed E-state index contributed by atoms with van der Waals surface area (Å²) in [5.41, 5.74) is 0.388. The van der Waals surface area contributed by atoms with E-state index in [1.807, 2.05) is 12.2 Å². The van der Waals surface area contributed by atoms with Crippen LogP contribution in [0.15, 0.2) is 55.1 Å². The van der Waals surface area contributed by atoms with Crippen molar-refractivity contribution in [3.63, 3.8) is 0 Å². The highest BCUT2D eigenvalue weighted by atomic mass is 32.2. The first-order chi connectivity index (χ1) is 10.1. The number of rotatable bonds is 5.